The second-order valence-electron chi connectivity index (χ2n) is 4.74. The first-order valence-corrected chi connectivity index (χ1v) is 9.05. The number of nitrogens with one attached hydrogen (secondary N) is 1. The highest BCUT2D eigenvalue weighted by atomic mass is 32.2. The average molecular weight is 315 g/mol. The smallest absolute Gasteiger partial charge is 0.153 e. The van der Waals surface area contributed by atoms with Gasteiger partial charge in [0.1, 0.15) is 18.1 Å². The van der Waals surface area contributed by atoms with Crippen molar-refractivity contribution in [1.29, 1.82) is 0 Å². The Morgan fingerprint density at radius 2 is 2.00 bits per heavy atom. The zero-order chi connectivity index (χ0) is 15.7. The Morgan fingerprint density at radius 3 is 2.62 bits per heavy atom. The molecule has 0 fully saturated rings. The molecule has 0 aromatic heterocycles. The predicted octanol–water partition coefficient (Wildman–Crippen LogP) is 2.01. The van der Waals surface area contributed by atoms with Gasteiger partial charge in [0.15, 0.2) is 9.84 Å². The maximum Gasteiger partial charge on any atom is 0.153 e. The maximum atomic E-state index is 11.5. The van der Waals surface area contributed by atoms with Gasteiger partial charge >= 0.3 is 0 Å². The normalized spacial score (nSPS) is 11.4. The van der Waals surface area contributed by atoms with Crippen LogP contribution in [0.4, 0.5) is 0 Å². The van der Waals surface area contributed by atoms with Crippen molar-refractivity contribution in [2.45, 2.75) is 26.8 Å². The van der Waals surface area contributed by atoms with E-state index in [9.17, 15) is 8.42 Å². The van der Waals surface area contributed by atoms with Crippen LogP contribution in [-0.4, -0.2) is 40.2 Å². The van der Waals surface area contributed by atoms with E-state index in [2.05, 4.69) is 12.2 Å². The Labute approximate surface area is 127 Å². The van der Waals surface area contributed by atoms with Crippen molar-refractivity contribution in [3.8, 4) is 11.5 Å². The lowest BCUT2D eigenvalue weighted by atomic mass is 10.2. The van der Waals surface area contributed by atoms with Gasteiger partial charge in [-0.2, -0.15) is 0 Å². The van der Waals surface area contributed by atoms with Crippen LogP contribution in [0.2, 0.25) is 0 Å². The predicted molar refractivity (Wildman–Crippen MR) is 84.8 cm³/mol. The van der Waals surface area contributed by atoms with E-state index in [1.54, 1.807) is 14.0 Å². The van der Waals surface area contributed by atoms with Crippen LogP contribution in [0.5, 0.6) is 11.5 Å². The van der Waals surface area contributed by atoms with Crippen molar-refractivity contribution in [3.05, 3.63) is 23.8 Å². The number of methoxy groups -OCH3 is 1. The maximum absolute atomic E-state index is 11.5. The summed E-state index contributed by atoms with van der Waals surface area (Å²) < 4.78 is 33.8. The summed E-state index contributed by atoms with van der Waals surface area (Å²) in [6, 6.07) is 5.54. The summed E-state index contributed by atoms with van der Waals surface area (Å²) in [6.45, 7) is 5.50. The summed E-state index contributed by atoms with van der Waals surface area (Å²) in [5, 5.41) is 3.31. The molecule has 0 amide bonds. The molecule has 6 heteroatoms. The van der Waals surface area contributed by atoms with E-state index in [-0.39, 0.29) is 18.1 Å². The molecule has 0 atom stereocenters. The third-order valence-electron chi connectivity index (χ3n) is 3.10. The highest BCUT2D eigenvalue weighted by Gasteiger charge is 2.10. The number of hydrogen-bond acceptors (Lipinski definition) is 5. The Bertz CT molecular complexity index is 528. The first-order valence-electron chi connectivity index (χ1n) is 7.23. The highest BCUT2D eigenvalue weighted by Crippen LogP contribution is 2.24. The van der Waals surface area contributed by atoms with Crippen LogP contribution in [0.1, 0.15) is 25.8 Å². The molecule has 0 heterocycles. The van der Waals surface area contributed by atoms with Crippen LogP contribution in [0.15, 0.2) is 18.2 Å². The molecule has 0 unspecified atom stereocenters. The van der Waals surface area contributed by atoms with E-state index in [0.717, 1.165) is 24.3 Å². The van der Waals surface area contributed by atoms with Crippen LogP contribution in [0, 0.1) is 0 Å². The molecule has 0 saturated carbocycles. The largest absolute Gasteiger partial charge is 0.497 e. The second kappa shape index (κ2) is 8.89. The SMILES string of the molecule is CCCNCc1cc(OC)ccc1OCCS(=O)(=O)CC. The van der Waals surface area contributed by atoms with Crippen molar-refractivity contribution in [2.75, 3.05) is 31.8 Å². The summed E-state index contributed by atoms with van der Waals surface area (Å²) in [7, 11) is -1.38. The summed E-state index contributed by atoms with van der Waals surface area (Å²) in [5.74, 6) is 1.64. The summed E-state index contributed by atoms with van der Waals surface area (Å²) in [6.07, 6.45) is 1.05. The molecule has 0 aliphatic heterocycles. The lowest BCUT2D eigenvalue weighted by molar-refractivity contribution is 0.334. The number of ether oxygens (including phenoxy) is 2. The molecular formula is C15H25NO4S. The molecule has 120 valence electrons. The van der Waals surface area contributed by atoms with E-state index in [1.807, 2.05) is 18.2 Å². The minimum Gasteiger partial charge on any atom is -0.497 e. The molecule has 0 radical (unpaired) electrons. The zero-order valence-electron chi connectivity index (χ0n) is 13.0. The minimum atomic E-state index is -3.00. The van der Waals surface area contributed by atoms with Gasteiger partial charge in [-0.05, 0) is 31.2 Å². The molecule has 1 aromatic carbocycles. The average Bonchev–Trinajstić information content (AvgIpc) is 2.48. The fourth-order valence-corrected chi connectivity index (χ4v) is 2.41. The number of rotatable bonds is 10. The van der Waals surface area contributed by atoms with E-state index >= 15 is 0 Å². The van der Waals surface area contributed by atoms with Gasteiger partial charge < -0.3 is 14.8 Å². The molecule has 0 saturated heterocycles. The van der Waals surface area contributed by atoms with Gasteiger partial charge in [-0.25, -0.2) is 8.42 Å². The highest BCUT2D eigenvalue weighted by molar-refractivity contribution is 7.91. The van der Waals surface area contributed by atoms with Crippen LogP contribution in [0.25, 0.3) is 0 Å². The first kappa shape index (κ1) is 17.8. The lowest BCUT2D eigenvalue weighted by Gasteiger charge is -2.13. The molecule has 0 bridgehead atoms. The molecule has 0 aliphatic carbocycles. The van der Waals surface area contributed by atoms with E-state index in [0.29, 0.717) is 12.3 Å². The fourth-order valence-electron chi connectivity index (χ4n) is 1.78. The van der Waals surface area contributed by atoms with Gasteiger partial charge in [0.05, 0.1) is 12.9 Å². The minimum absolute atomic E-state index is 0.0390. The zero-order valence-corrected chi connectivity index (χ0v) is 13.8. The molecule has 21 heavy (non-hydrogen) atoms. The van der Waals surface area contributed by atoms with Crippen molar-refractivity contribution < 1.29 is 17.9 Å². The van der Waals surface area contributed by atoms with Gasteiger partial charge in [-0.15, -0.1) is 0 Å². The molecule has 0 spiro atoms. The molecule has 1 N–H and O–H groups in total. The monoisotopic (exact) mass is 315 g/mol. The van der Waals surface area contributed by atoms with E-state index < -0.39 is 9.84 Å². The quantitative estimate of drug-likeness (QED) is 0.669. The van der Waals surface area contributed by atoms with Crippen molar-refractivity contribution in [1.82, 2.24) is 5.32 Å². The van der Waals surface area contributed by atoms with Crippen molar-refractivity contribution >= 4 is 9.84 Å². The van der Waals surface area contributed by atoms with Crippen LogP contribution < -0.4 is 14.8 Å². The number of hydrogen-bond donors (Lipinski definition) is 1. The first-order chi connectivity index (χ1) is 10.0. The van der Waals surface area contributed by atoms with Crippen molar-refractivity contribution in [2.24, 2.45) is 0 Å². The van der Waals surface area contributed by atoms with E-state index in [1.165, 1.54) is 0 Å². The van der Waals surface area contributed by atoms with Gasteiger partial charge in [0.25, 0.3) is 0 Å². The van der Waals surface area contributed by atoms with Crippen LogP contribution in [-0.2, 0) is 16.4 Å². The number of sulfone groups is 1. The third-order valence-corrected chi connectivity index (χ3v) is 4.77. The molecular weight excluding hydrogens is 290 g/mol. The van der Waals surface area contributed by atoms with E-state index in [4.69, 9.17) is 9.47 Å². The molecule has 1 rings (SSSR count). The van der Waals surface area contributed by atoms with Crippen LogP contribution >= 0.6 is 0 Å². The van der Waals surface area contributed by atoms with Crippen LogP contribution in [0.3, 0.4) is 0 Å². The Balaban J connectivity index is 2.70. The molecule has 5 nitrogen and oxygen atoms in total. The summed E-state index contributed by atoms with van der Waals surface area (Å²) in [5.41, 5.74) is 0.969. The number of benzene rings is 1. The molecule has 0 aliphatic rings. The Morgan fingerprint density at radius 1 is 1.24 bits per heavy atom. The Kier molecular flexibility index (Phi) is 7.53. The Hall–Kier alpha value is -1.27. The fraction of sp³-hybridized carbons (Fsp3) is 0.600. The van der Waals surface area contributed by atoms with Gasteiger partial charge in [0.2, 0.25) is 0 Å². The van der Waals surface area contributed by atoms with Gasteiger partial charge in [-0.3, -0.25) is 0 Å². The van der Waals surface area contributed by atoms with Crippen molar-refractivity contribution in [3.63, 3.8) is 0 Å². The lowest BCUT2D eigenvalue weighted by Crippen LogP contribution is -2.18. The third kappa shape index (κ3) is 6.35. The summed E-state index contributed by atoms with van der Waals surface area (Å²) in [4.78, 5) is 0. The molecule has 1 aromatic rings. The summed E-state index contributed by atoms with van der Waals surface area (Å²) >= 11 is 0. The van der Waals surface area contributed by atoms with Gasteiger partial charge in [-0.1, -0.05) is 13.8 Å². The second-order valence-corrected chi connectivity index (χ2v) is 7.21. The standard InChI is InChI=1S/C15H25NO4S/c1-4-8-16-12-13-11-14(19-3)6-7-15(13)20-9-10-21(17,18)5-2/h6-7,11,16H,4-5,8-10,12H2,1-3H3. The topological polar surface area (TPSA) is 64.6 Å². The van der Waals surface area contributed by atoms with Gasteiger partial charge in [0, 0.05) is 17.9 Å².